The molecule has 1 saturated heterocycles. The van der Waals surface area contributed by atoms with E-state index < -0.39 is 11.6 Å². The van der Waals surface area contributed by atoms with Crippen LogP contribution in [0.5, 0.6) is 0 Å². The van der Waals surface area contributed by atoms with Crippen LogP contribution in [0.15, 0.2) is 42.6 Å². The Balaban J connectivity index is 1.44. The number of rotatable bonds is 7. The number of piperidine rings is 1. The number of aromatic amines is 1. The molecular weight excluding hydrogens is 481 g/mol. The number of hydrogen-bond acceptors (Lipinski definition) is 4. The van der Waals surface area contributed by atoms with E-state index in [1.54, 1.807) is 16.8 Å². The van der Waals surface area contributed by atoms with Gasteiger partial charge in [-0.05, 0) is 51.1 Å². The molecule has 1 aliphatic rings. The number of benzene rings is 2. The first-order valence-corrected chi connectivity index (χ1v) is 12.4. The van der Waals surface area contributed by atoms with Crippen molar-refractivity contribution < 1.29 is 18.0 Å². The summed E-state index contributed by atoms with van der Waals surface area (Å²) in [5, 5.41) is 4.65. The number of carbonyl (C=O) groups is 1. The highest BCUT2D eigenvalue weighted by Gasteiger charge is 2.32. The van der Waals surface area contributed by atoms with Gasteiger partial charge in [0.1, 0.15) is 11.6 Å². The van der Waals surface area contributed by atoms with Crippen LogP contribution in [0.4, 0.5) is 13.2 Å². The number of hydrogen-bond donors (Lipinski definition) is 1. The summed E-state index contributed by atoms with van der Waals surface area (Å²) in [7, 11) is 3.94. The van der Waals surface area contributed by atoms with Crippen molar-refractivity contribution in [3.8, 4) is 11.1 Å². The van der Waals surface area contributed by atoms with E-state index in [0.717, 1.165) is 43.5 Å². The molecule has 1 unspecified atom stereocenters. The van der Waals surface area contributed by atoms with Crippen molar-refractivity contribution in [2.24, 2.45) is 0 Å². The Hall–Kier alpha value is -3.66. The van der Waals surface area contributed by atoms with Crippen molar-refractivity contribution in [1.29, 1.82) is 0 Å². The number of likely N-dealkylation sites (N-methyl/N-ethyl adjacent to an activating group) is 1. The van der Waals surface area contributed by atoms with Gasteiger partial charge in [-0.3, -0.25) is 9.48 Å². The Morgan fingerprint density at radius 1 is 1.11 bits per heavy atom. The van der Waals surface area contributed by atoms with E-state index in [9.17, 15) is 18.0 Å². The van der Waals surface area contributed by atoms with Crippen LogP contribution in [0.1, 0.15) is 35.6 Å². The predicted molar refractivity (Wildman–Crippen MR) is 135 cm³/mol. The molecule has 2 aromatic carbocycles. The second kappa shape index (κ2) is 10.4. The number of nitrogens with one attached hydrogen (secondary N) is 1. The second-order valence-electron chi connectivity index (χ2n) is 9.78. The number of carbonyl (C=O) groups excluding carboxylic acids is 1. The fourth-order valence-electron chi connectivity index (χ4n) is 4.83. The first-order valence-electron chi connectivity index (χ1n) is 12.4. The van der Waals surface area contributed by atoms with Crippen LogP contribution >= 0.6 is 0 Å². The predicted octanol–water partition coefficient (Wildman–Crippen LogP) is 4.64. The van der Waals surface area contributed by atoms with Gasteiger partial charge in [0.2, 0.25) is 0 Å². The molecule has 3 heterocycles. The summed E-state index contributed by atoms with van der Waals surface area (Å²) in [5.74, 6) is -1.85. The van der Waals surface area contributed by atoms with E-state index in [1.807, 2.05) is 30.1 Å². The van der Waals surface area contributed by atoms with Crippen molar-refractivity contribution in [2.75, 3.05) is 27.2 Å². The monoisotopic (exact) mass is 510 g/mol. The van der Waals surface area contributed by atoms with E-state index in [2.05, 4.69) is 15.1 Å². The number of H-pyrrole nitrogens is 1. The molecule has 0 bridgehead atoms. The lowest BCUT2D eigenvalue weighted by Crippen LogP contribution is -2.45. The van der Waals surface area contributed by atoms with E-state index >= 15 is 0 Å². The molecule has 0 saturated carbocycles. The zero-order valence-electron chi connectivity index (χ0n) is 20.8. The van der Waals surface area contributed by atoms with Crippen molar-refractivity contribution in [1.82, 2.24) is 29.5 Å². The minimum Gasteiger partial charge on any atom is -0.342 e. The lowest BCUT2D eigenvalue weighted by atomic mass is 9.97. The summed E-state index contributed by atoms with van der Waals surface area (Å²) in [6.45, 7) is 1.92. The Labute approximate surface area is 212 Å². The van der Waals surface area contributed by atoms with Gasteiger partial charge in [0.25, 0.3) is 5.91 Å². The van der Waals surface area contributed by atoms with Gasteiger partial charge in [0.15, 0.2) is 17.3 Å². The molecule has 10 heteroatoms. The largest absolute Gasteiger partial charge is 0.342 e. The summed E-state index contributed by atoms with van der Waals surface area (Å²) < 4.78 is 42.7. The standard InChI is InChI=1S/C27H29F3N6O/c1-34(2)11-12-35-16-20(17-6-8-18(28)9-7-17)26(33-35)27(37)36-10-4-3-5-19(36)13-25-31-23-14-21(29)22(30)15-24(23)32-25/h6-9,14-16,19H,3-5,10-13H2,1-2H3,(H,31,32). The van der Waals surface area contributed by atoms with Crippen LogP contribution in [-0.4, -0.2) is 68.7 Å². The van der Waals surface area contributed by atoms with Crippen LogP contribution in [0.25, 0.3) is 22.2 Å². The average molecular weight is 511 g/mol. The maximum Gasteiger partial charge on any atom is 0.275 e. The van der Waals surface area contributed by atoms with Crippen LogP contribution in [-0.2, 0) is 13.0 Å². The van der Waals surface area contributed by atoms with Crippen LogP contribution in [0, 0.1) is 17.5 Å². The van der Waals surface area contributed by atoms with Gasteiger partial charge in [-0.2, -0.15) is 5.10 Å². The lowest BCUT2D eigenvalue weighted by molar-refractivity contribution is 0.0605. The highest BCUT2D eigenvalue weighted by Crippen LogP contribution is 2.28. The topological polar surface area (TPSA) is 70.1 Å². The first kappa shape index (κ1) is 25.0. The van der Waals surface area contributed by atoms with Crippen molar-refractivity contribution in [2.45, 2.75) is 38.3 Å². The minimum absolute atomic E-state index is 0.149. The van der Waals surface area contributed by atoms with Crippen molar-refractivity contribution >= 4 is 16.9 Å². The Bertz CT molecular complexity index is 1370. The average Bonchev–Trinajstić information content (AvgIpc) is 3.47. The van der Waals surface area contributed by atoms with E-state index in [-0.39, 0.29) is 17.8 Å². The molecule has 0 aliphatic carbocycles. The maximum atomic E-state index is 13.9. The van der Waals surface area contributed by atoms with Gasteiger partial charge in [0.05, 0.1) is 17.6 Å². The molecule has 1 amide bonds. The lowest BCUT2D eigenvalue weighted by Gasteiger charge is -2.35. The van der Waals surface area contributed by atoms with Gasteiger partial charge in [-0.25, -0.2) is 18.2 Å². The SMILES string of the molecule is CN(C)CCn1cc(-c2ccc(F)cc2)c(C(=O)N2CCCCC2Cc2nc3cc(F)c(F)cc3[nH]2)n1. The Morgan fingerprint density at radius 3 is 2.62 bits per heavy atom. The molecule has 37 heavy (non-hydrogen) atoms. The van der Waals surface area contributed by atoms with Crippen LogP contribution < -0.4 is 0 Å². The zero-order valence-corrected chi connectivity index (χ0v) is 20.8. The summed E-state index contributed by atoms with van der Waals surface area (Å²) in [4.78, 5) is 25.3. The molecule has 5 rings (SSSR count). The van der Waals surface area contributed by atoms with Gasteiger partial charge in [-0.1, -0.05) is 12.1 Å². The Morgan fingerprint density at radius 2 is 1.86 bits per heavy atom. The van der Waals surface area contributed by atoms with Gasteiger partial charge in [0, 0.05) is 49.4 Å². The van der Waals surface area contributed by atoms with Crippen molar-refractivity contribution in [3.05, 3.63) is 71.6 Å². The number of likely N-dealkylation sites (tertiary alicyclic amines) is 1. The van der Waals surface area contributed by atoms with E-state index in [1.165, 1.54) is 12.1 Å². The van der Waals surface area contributed by atoms with Gasteiger partial charge >= 0.3 is 0 Å². The summed E-state index contributed by atoms with van der Waals surface area (Å²) >= 11 is 0. The number of fused-ring (bicyclic) bond motifs is 1. The number of aromatic nitrogens is 4. The second-order valence-corrected chi connectivity index (χ2v) is 9.78. The number of imidazole rings is 1. The van der Waals surface area contributed by atoms with Crippen molar-refractivity contribution in [3.63, 3.8) is 0 Å². The van der Waals surface area contributed by atoms with Crippen LogP contribution in [0.3, 0.4) is 0 Å². The molecule has 1 atom stereocenters. The quantitative estimate of drug-likeness (QED) is 0.393. The summed E-state index contributed by atoms with van der Waals surface area (Å²) in [6.07, 6.45) is 4.87. The zero-order chi connectivity index (χ0) is 26.1. The maximum absolute atomic E-state index is 13.9. The van der Waals surface area contributed by atoms with E-state index in [0.29, 0.717) is 47.6 Å². The molecule has 7 nitrogen and oxygen atoms in total. The highest BCUT2D eigenvalue weighted by molar-refractivity contribution is 5.99. The normalized spacial score (nSPS) is 16.2. The summed E-state index contributed by atoms with van der Waals surface area (Å²) in [6, 6.07) is 8.07. The molecule has 2 aromatic heterocycles. The smallest absolute Gasteiger partial charge is 0.275 e. The fourth-order valence-corrected chi connectivity index (χ4v) is 4.83. The van der Waals surface area contributed by atoms with Crippen LogP contribution in [0.2, 0.25) is 0 Å². The first-order chi connectivity index (χ1) is 17.8. The molecule has 194 valence electrons. The minimum atomic E-state index is -0.946. The third kappa shape index (κ3) is 5.39. The highest BCUT2D eigenvalue weighted by atomic mass is 19.2. The third-order valence-electron chi connectivity index (χ3n) is 6.79. The fraction of sp³-hybridized carbons (Fsp3) is 0.370. The molecule has 1 aliphatic heterocycles. The number of halogens is 3. The number of amides is 1. The van der Waals surface area contributed by atoms with E-state index in [4.69, 9.17) is 0 Å². The van der Waals surface area contributed by atoms with Gasteiger partial charge in [-0.15, -0.1) is 0 Å². The Kier molecular flexibility index (Phi) is 7.01. The summed E-state index contributed by atoms with van der Waals surface area (Å²) in [5.41, 5.74) is 2.46. The molecule has 0 radical (unpaired) electrons. The molecule has 0 spiro atoms. The molecule has 1 N–H and O–H groups in total. The molecular formula is C27H29F3N6O. The third-order valence-corrected chi connectivity index (χ3v) is 6.79. The molecule has 1 fully saturated rings. The molecule has 4 aromatic rings. The van der Waals surface area contributed by atoms with Gasteiger partial charge < -0.3 is 14.8 Å². The number of nitrogens with zero attached hydrogens (tertiary/aromatic N) is 5.